The largest absolute Gasteiger partial charge is 0.489 e. The summed E-state index contributed by atoms with van der Waals surface area (Å²) in [6, 6.07) is 1.79. The molecule has 0 spiro atoms. The molecule has 0 aromatic carbocycles. The first-order valence-corrected chi connectivity index (χ1v) is 4.64. The van der Waals surface area contributed by atoms with Gasteiger partial charge >= 0.3 is 0 Å². The van der Waals surface area contributed by atoms with Crippen molar-refractivity contribution in [3.8, 4) is 5.75 Å². The molecule has 0 unspecified atom stereocenters. The van der Waals surface area contributed by atoms with Crippen LogP contribution in [0.4, 0.5) is 0 Å². The highest BCUT2D eigenvalue weighted by molar-refractivity contribution is 5.74. The van der Waals surface area contributed by atoms with Gasteiger partial charge in [0.1, 0.15) is 11.4 Å². The molecule has 14 heavy (non-hydrogen) atoms. The Morgan fingerprint density at radius 2 is 2.43 bits per heavy atom. The number of nitrogens with two attached hydrogens (primary N) is 1. The van der Waals surface area contributed by atoms with E-state index >= 15 is 0 Å². The number of carbonyl (C=O) groups is 1. The van der Waals surface area contributed by atoms with E-state index < -0.39 is 0 Å². The number of pyridine rings is 1. The molecule has 1 aromatic rings. The zero-order valence-corrected chi connectivity index (χ0v) is 7.77. The van der Waals surface area contributed by atoms with Crippen LogP contribution in [0.2, 0.25) is 0 Å². The van der Waals surface area contributed by atoms with E-state index in [2.05, 4.69) is 4.98 Å². The van der Waals surface area contributed by atoms with Crippen LogP contribution in [0.5, 0.6) is 5.75 Å². The number of carbonyl (C=O) groups excluding carboxylic acids is 1. The Bertz CT molecular complexity index is 348. The quantitative estimate of drug-likeness (QED) is 0.719. The molecule has 1 aromatic heterocycles. The second-order valence-electron chi connectivity index (χ2n) is 3.35. The first kappa shape index (κ1) is 9.15. The minimum absolute atomic E-state index is 0.308. The summed E-state index contributed by atoms with van der Waals surface area (Å²) >= 11 is 0. The minimum atomic E-state index is 0.308. The number of aromatic nitrogens is 1. The molecule has 1 aliphatic carbocycles. The van der Waals surface area contributed by atoms with Gasteiger partial charge in [0.15, 0.2) is 6.29 Å². The highest BCUT2D eigenvalue weighted by Gasteiger charge is 2.23. The van der Waals surface area contributed by atoms with E-state index in [0.29, 0.717) is 30.4 Å². The first-order chi connectivity index (χ1) is 6.83. The van der Waals surface area contributed by atoms with E-state index in [1.165, 1.54) is 0 Å². The Morgan fingerprint density at radius 3 is 3.00 bits per heavy atom. The average Bonchev–Trinajstić information content (AvgIpc) is 3.01. The van der Waals surface area contributed by atoms with E-state index in [4.69, 9.17) is 10.5 Å². The second kappa shape index (κ2) is 3.75. The molecular formula is C10H12N2O2. The maximum Gasteiger partial charge on any atom is 0.168 e. The second-order valence-corrected chi connectivity index (χ2v) is 3.35. The van der Waals surface area contributed by atoms with Gasteiger partial charge < -0.3 is 10.5 Å². The fraction of sp³-hybridized carbons (Fsp3) is 0.400. The summed E-state index contributed by atoms with van der Waals surface area (Å²) in [6.07, 6.45) is 4.83. The van der Waals surface area contributed by atoms with Crippen LogP contribution in [0, 0.1) is 0 Å². The highest BCUT2D eigenvalue weighted by atomic mass is 16.5. The number of rotatable bonds is 4. The molecule has 0 saturated heterocycles. The van der Waals surface area contributed by atoms with E-state index in [1.54, 1.807) is 12.3 Å². The van der Waals surface area contributed by atoms with Gasteiger partial charge in [-0.25, -0.2) is 4.98 Å². The summed E-state index contributed by atoms with van der Waals surface area (Å²) in [6.45, 7) is 0.308. The van der Waals surface area contributed by atoms with Crippen molar-refractivity contribution in [3.05, 3.63) is 23.5 Å². The predicted octanol–water partition coefficient (Wildman–Crippen LogP) is 0.894. The normalized spacial score (nSPS) is 15.2. The van der Waals surface area contributed by atoms with Gasteiger partial charge in [-0.2, -0.15) is 0 Å². The lowest BCUT2D eigenvalue weighted by molar-refractivity contribution is 0.111. The van der Waals surface area contributed by atoms with E-state index in [-0.39, 0.29) is 0 Å². The molecule has 2 rings (SSSR count). The van der Waals surface area contributed by atoms with E-state index in [1.807, 2.05) is 0 Å². The van der Waals surface area contributed by atoms with Crippen molar-refractivity contribution in [3.63, 3.8) is 0 Å². The van der Waals surface area contributed by atoms with Crippen LogP contribution in [-0.4, -0.2) is 17.4 Å². The molecule has 2 N–H and O–H groups in total. The molecule has 0 aliphatic heterocycles. The number of hydrogen-bond acceptors (Lipinski definition) is 4. The van der Waals surface area contributed by atoms with Crippen LogP contribution in [0.3, 0.4) is 0 Å². The maximum atomic E-state index is 10.6. The van der Waals surface area contributed by atoms with E-state index in [9.17, 15) is 4.79 Å². The minimum Gasteiger partial charge on any atom is -0.489 e. The number of hydrogen-bond donors (Lipinski definition) is 1. The van der Waals surface area contributed by atoms with Gasteiger partial charge in [-0.1, -0.05) is 0 Å². The molecule has 1 heterocycles. The lowest BCUT2D eigenvalue weighted by Crippen LogP contribution is -2.05. The summed E-state index contributed by atoms with van der Waals surface area (Å²) in [5.41, 5.74) is 6.62. The van der Waals surface area contributed by atoms with Crippen molar-refractivity contribution < 1.29 is 9.53 Å². The number of nitrogens with zero attached hydrogens (tertiary/aromatic N) is 1. The van der Waals surface area contributed by atoms with Crippen molar-refractivity contribution in [2.75, 3.05) is 0 Å². The summed E-state index contributed by atoms with van der Waals surface area (Å²) in [5, 5.41) is 0. The molecule has 1 aliphatic rings. The van der Waals surface area contributed by atoms with Crippen molar-refractivity contribution in [2.45, 2.75) is 25.5 Å². The lowest BCUT2D eigenvalue weighted by atomic mass is 10.2. The van der Waals surface area contributed by atoms with Crippen molar-refractivity contribution >= 4 is 6.29 Å². The molecule has 74 valence electrons. The number of aldehydes is 1. The Kier molecular flexibility index (Phi) is 2.45. The summed E-state index contributed by atoms with van der Waals surface area (Å²) in [4.78, 5) is 14.5. The van der Waals surface area contributed by atoms with Crippen molar-refractivity contribution in [1.29, 1.82) is 0 Å². The molecule has 0 radical (unpaired) electrons. The summed E-state index contributed by atoms with van der Waals surface area (Å²) < 4.78 is 5.53. The molecular weight excluding hydrogens is 180 g/mol. The smallest absolute Gasteiger partial charge is 0.168 e. The summed E-state index contributed by atoms with van der Waals surface area (Å²) in [7, 11) is 0. The standard InChI is InChI=1S/C10H12N2O2/c11-4-7-3-9(14-8-1-2-8)5-12-10(7)6-13/h3,5-6,8H,1-2,4,11H2. The van der Waals surface area contributed by atoms with E-state index in [0.717, 1.165) is 18.4 Å². The SMILES string of the molecule is NCc1cc(OC2CC2)cnc1C=O. The zero-order valence-electron chi connectivity index (χ0n) is 7.77. The molecule has 0 amide bonds. The van der Waals surface area contributed by atoms with Crippen LogP contribution in [0.25, 0.3) is 0 Å². The topological polar surface area (TPSA) is 65.2 Å². The van der Waals surface area contributed by atoms with Crippen LogP contribution in [-0.2, 0) is 6.54 Å². The summed E-state index contributed by atoms with van der Waals surface area (Å²) in [5.74, 6) is 0.707. The third-order valence-electron chi connectivity index (χ3n) is 2.14. The van der Waals surface area contributed by atoms with Gasteiger partial charge in [-0.05, 0) is 24.5 Å². The molecule has 1 saturated carbocycles. The van der Waals surface area contributed by atoms with Gasteiger partial charge in [0.25, 0.3) is 0 Å². The van der Waals surface area contributed by atoms with Gasteiger partial charge in [0.2, 0.25) is 0 Å². The fourth-order valence-electron chi connectivity index (χ4n) is 1.21. The molecule has 0 bridgehead atoms. The van der Waals surface area contributed by atoms with Crippen LogP contribution in [0.1, 0.15) is 28.9 Å². The molecule has 1 fully saturated rings. The third kappa shape index (κ3) is 1.90. The third-order valence-corrected chi connectivity index (χ3v) is 2.14. The Hall–Kier alpha value is -1.42. The fourth-order valence-corrected chi connectivity index (χ4v) is 1.21. The van der Waals surface area contributed by atoms with Crippen LogP contribution in [0.15, 0.2) is 12.3 Å². The average molecular weight is 192 g/mol. The molecule has 4 nitrogen and oxygen atoms in total. The predicted molar refractivity (Wildman–Crippen MR) is 51.2 cm³/mol. The van der Waals surface area contributed by atoms with Gasteiger partial charge in [0, 0.05) is 6.54 Å². The van der Waals surface area contributed by atoms with Gasteiger partial charge in [-0.3, -0.25) is 4.79 Å². The Balaban J connectivity index is 2.20. The molecule has 4 heteroatoms. The molecule has 0 atom stereocenters. The number of ether oxygens (including phenoxy) is 1. The Labute approximate surface area is 82.1 Å². The van der Waals surface area contributed by atoms with Crippen LogP contribution >= 0.6 is 0 Å². The zero-order chi connectivity index (χ0) is 9.97. The maximum absolute atomic E-state index is 10.6. The van der Waals surface area contributed by atoms with Gasteiger partial charge in [0.05, 0.1) is 12.3 Å². The monoisotopic (exact) mass is 192 g/mol. The lowest BCUT2D eigenvalue weighted by Gasteiger charge is -2.06. The van der Waals surface area contributed by atoms with Crippen LogP contribution < -0.4 is 10.5 Å². The van der Waals surface area contributed by atoms with Crippen molar-refractivity contribution in [2.24, 2.45) is 5.73 Å². The van der Waals surface area contributed by atoms with Crippen molar-refractivity contribution in [1.82, 2.24) is 4.98 Å². The first-order valence-electron chi connectivity index (χ1n) is 4.64. The van der Waals surface area contributed by atoms with Gasteiger partial charge in [-0.15, -0.1) is 0 Å². The highest BCUT2D eigenvalue weighted by Crippen LogP contribution is 2.26. The Morgan fingerprint density at radius 1 is 1.64 bits per heavy atom.